The molecule has 0 aromatic heterocycles. The third kappa shape index (κ3) is 3.96. The molecule has 0 aliphatic heterocycles. The lowest BCUT2D eigenvalue weighted by Gasteiger charge is -2.46. The minimum atomic E-state index is 0.234. The summed E-state index contributed by atoms with van der Waals surface area (Å²) < 4.78 is 0. The fraction of sp³-hybridized carbons (Fsp3) is 1.00. The van der Waals surface area contributed by atoms with Crippen LogP contribution in [0, 0.1) is 11.3 Å². The van der Waals surface area contributed by atoms with Crippen molar-refractivity contribution in [2.24, 2.45) is 17.1 Å². The molecule has 1 saturated carbocycles. The fourth-order valence-electron chi connectivity index (χ4n) is 3.77. The molecule has 0 heterocycles. The van der Waals surface area contributed by atoms with Crippen molar-refractivity contribution >= 4 is 0 Å². The van der Waals surface area contributed by atoms with Crippen molar-refractivity contribution in [3.8, 4) is 0 Å². The number of rotatable bonds is 3. The molecule has 0 aromatic carbocycles. The van der Waals surface area contributed by atoms with Gasteiger partial charge in [-0.15, -0.1) is 0 Å². The first kappa shape index (κ1) is 15.0. The summed E-state index contributed by atoms with van der Waals surface area (Å²) in [5.41, 5.74) is 6.48. The summed E-state index contributed by atoms with van der Waals surface area (Å²) >= 11 is 0. The number of hydrogen-bond donors (Lipinski definition) is 1. The first-order valence-corrected chi connectivity index (χ1v) is 7.21. The van der Waals surface area contributed by atoms with Crippen molar-refractivity contribution < 1.29 is 0 Å². The van der Waals surface area contributed by atoms with E-state index < -0.39 is 0 Å². The van der Waals surface area contributed by atoms with Gasteiger partial charge in [-0.2, -0.15) is 0 Å². The Bertz CT molecular complexity index is 230. The van der Waals surface area contributed by atoms with Gasteiger partial charge in [0.15, 0.2) is 0 Å². The van der Waals surface area contributed by atoms with E-state index in [1.807, 2.05) is 0 Å². The minimum Gasteiger partial charge on any atom is -0.327 e. The Kier molecular flexibility index (Phi) is 5.03. The molecule has 2 N–H and O–H groups in total. The average Bonchev–Trinajstić information content (AvgIpc) is 2.14. The molecule has 1 aliphatic carbocycles. The topological polar surface area (TPSA) is 29.3 Å². The van der Waals surface area contributed by atoms with E-state index in [4.69, 9.17) is 5.73 Å². The molecule has 1 fully saturated rings. The number of likely N-dealkylation sites (N-methyl/N-ethyl adjacent to an activating group) is 1. The van der Waals surface area contributed by atoms with E-state index in [2.05, 4.69) is 46.6 Å². The van der Waals surface area contributed by atoms with Gasteiger partial charge >= 0.3 is 0 Å². The van der Waals surface area contributed by atoms with Crippen LogP contribution in [0.2, 0.25) is 0 Å². The van der Waals surface area contributed by atoms with Crippen molar-refractivity contribution in [1.29, 1.82) is 0 Å². The van der Waals surface area contributed by atoms with Crippen LogP contribution in [0.5, 0.6) is 0 Å². The SMILES string of the molecule is CC1CCCC(N(C)C(C(C)N)C(C)(C)C)C1. The lowest BCUT2D eigenvalue weighted by atomic mass is 9.79. The average molecular weight is 240 g/mol. The summed E-state index contributed by atoms with van der Waals surface area (Å²) in [4.78, 5) is 2.57. The second-order valence-electron chi connectivity index (χ2n) is 7.26. The summed E-state index contributed by atoms with van der Waals surface area (Å²) in [6, 6.07) is 1.43. The van der Waals surface area contributed by atoms with Gasteiger partial charge in [0.25, 0.3) is 0 Å². The van der Waals surface area contributed by atoms with Crippen LogP contribution in [-0.2, 0) is 0 Å². The minimum absolute atomic E-state index is 0.234. The highest BCUT2D eigenvalue weighted by atomic mass is 15.2. The molecule has 0 aromatic rings. The van der Waals surface area contributed by atoms with Crippen LogP contribution in [0.15, 0.2) is 0 Å². The Hall–Kier alpha value is -0.0800. The van der Waals surface area contributed by atoms with Crippen LogP contribution in [0.1, 0.15) is 60.3 Å². The zero-order valence-corrected chi connectivity index (χ0v) is 12.7. The van der Waals surface area contributed by atoms with Crippen LogP contribution >= 0.6 is 0 Å². The second-order valence-corrected chi connectivity index (χ2v) is 7.26. The second kappa shape index (κ2) is 5.71. The van der Waals surface area contributed by atoms with Crippen LogP contribution in [0.4, 0.5) is 0 Å². The molecular formula is C15H32N2. The van der Waals surface area contributed by atoms with E-state index in [1.54, 1.807) is 0 Å². The molecule has 2 heteroatoms. The molecule has 4 atom stereocenters. The normalized spacial score (nSPS) is 30.4. The molecule has 0 amide bonds. The van der Waals surface area contributed by atoms with E-state index in [0.29, 0.717) is 6.04 Å². The molecule has 0 spiro atoms. The highest BCUT2D eigenvalue weighted by Crippen LogP contribution is 2.33. The molecule has 17 heavy (non-hydrogen) atoms. The van der Waals surface area contributed by atoms with Crippen molar-refractivity contribution in [1.82, 2.24) is 4.90 Å². The van der Waals surface area contributed by atoms with E-state index in [1.165, 1.54) is 25.7 Å². The maximum absolute atomic E-state index is 6.22. The molecular weight excluding hydrogens is 208 g/mol. The molecule has 1 rings (SSSR count). The first-order chi connectivity index (χ1) is 7.73. The van der Waals surface area contributed by atoms with E-state index >= 15 is 0 Å². The van der Waals surface area contributed by atoms with Gasteiger partial charge in [-0.1, -0.05) is 40.5 Å². The lowest BCUT2D eigenvalue weighted by molar-refractivity contribution is 0.0440. The van der Waals surface area contributed by atoms with Gasteiger partial charge in [0.2, 0.25) is 0 Å². The van der Waals surface area contributed by atoms with Crippen LogP contribution in [0.25, 0.3) is 0 Å². The van der Waals surface area contributed by atoms with E-state index in [9.17, 15) is 0 Å². The zero-order chi connectivity index (χ0) is 13.2. The van der Waals surface area contributed by atoms with Gasteiger partial charge in [-0.3, -0.25) is 4.90 Å². The van der Waals surface area contributed by atoms with Crippen LogP contribution in [-0.4, -0.2) is 30.1 Å². The summed E-state index contributed by atoms with van der Waals surface area (Å²) in [5.74, 6) is 0.880. The monoisotopic (exact) mass is 240 g/mol. The Labute approximate surface area is 108 Å². The van der Waals surface area contributed by atoms with Gasteiger partial charge in [0, 0.05) is 18.1 Å². The van der Waals surface area contributed by atoms with E-state index in [-0.39, 0.29) is 11.5 Å². The lowest BCUT2D eigenvalue weighted by Crippen LogP contribution is -2.56. The molecule has 0 radical (unpaired) electrons. The third-order valence-electron chi connectivity index (χ3n) is 4.31. The zero-order valence-electron chi connectivity index (χ0n) is 12.7. The van der Waals surface area contributed by atoms with Gasteiger partial charge < -0.3 is 5.73 Å². The highest BCUT2D eigenvalue weighted by molar-refractivity contribution is 4.92. The summed E-state index contributed by atoms with van der Waals surface area (Å²) in [5, 5.41) is 0. The Morgan fingerprint density at radius 2 is 1.82 bits per heavy atom. The van der Waals surface area contributed by atoms with Gasteiger partial charge in [-0.05, 0) is 38.1 Å². The Morgan fingerprint density at radius 1 is 1.24 bits per heavy atom. The molecule has 2 nitrogen and oxygen atoms in total. The molecule has 102 valence electrons. The summed E-state index contributed by atoms with van der Waals surface area (Å²) in [7, 11) is 2.28. The molecule has 0 saturated heterocycles. The smallest absolute Gasteiger partial charge is 0.0292 e. The first-order valence-electron chi connectivity index (χ1n) is 7.21. The predicted molar refractivity (Wildman–Crippen MR) is 76.1 cm³/mol. The molecule has 4 unspecified atom stereocenters. The summed E-state index contributed by atoms with van der Waals surface area (Å²) in [6.45, 7) is 11.5. The number of nitrogens with two attached hydrogens (primary N) is 1. The number of hydrogen-bond acceptors (Lipinski definition) is 2. The standard InChI is InChI=1S/C15H32N2/c1-11-8-7-9-13(10-11)17(6)14(12(2)16)15(3,4)5/h11-14H,7-10,16H2,1-6H3. The number of nitrogens with zero attached hydrogens (tertiary/aromatic N) is 1. The van der Waals surface area contributed by atoms with Crippen molar-refractivity contribution in [2.75, 3.05) is 7.05 Å². The largest absolute Gasteiger partial charge is 0.327 e. The van der Waals surface area contributed by atoms with Crippen molar-refractivity contribution in [2.45, 2.75) is 78.4 Å². The van der Waals surface area contributed by atoms with Crippen molar-refractivity contribution in [3.63, 3.8) is 0 Å². The Balaban J connectivity index is 2.74. The molecule has 0 bridgehead atoms. The van der Waals surface area contributed by atoms with Gasteiger partial charge in [0.1, 0.15) is 0 Å². The predicted octanol–water partition coefficient (Wildman–Crippen LogP) is 3.26. The van der Waals surface area contributed by atoms with Crippen LogP contribution in [0.3, 0.4) is 0 Å². The highest BCUT2D eigenvalue weighted by Gasteiger charge is 2.35. The Morgan fingerprint density at radius 3 is 2.24 bits per heavy atom. The fourth-order valence-corrected chi connectivity index (χ4v) is 3.77. The molecule has 1 aliphatic rings. The van der Waals surface area contributed by atoms with Crippen LogP contribution < -0.4 is 5.73 Å². The maximum atomic E-state index is 6.22. The van der Waals surface area contributed by atoms with E-state index in [0.717, 1.165) is 12.0 Å². The maximum Gasteiger partial charge on any atom is 0.0292 e. The quantitative estimate of drug-likeness (QED) is 0.820. The third-order valence-corrected chi connectivity index (χ3v) is 4.31. The van der Waals surface area contributed by atoms with Gasteiger partial charge in [0.05, 0.1) is 0 Å². The van der Waals surface area contributed by atoms with Crippen molar-refractivity contribution in [3.05, 3.63) is 0 Å². The summed E-state index contributed by atoms with van der Waals surface area (Å²) in [6.07, 6.45) is 5.48. The van der Waals surface area contributed by atoms with Gasteiger partial charge in [-0.25, -0.2) is 0 Å².